The number of imidazole rings is 1. The third-order valence-corrected chi connectivity index (χ3v) is 5.71. The maximum atomic E-state index is 13.6. The summed E-state index contributed by atoms with van der Waals surface area (Å²) >= 11 is 0. The van der Waals surface area contributed by atoms with Gasteiger partial charge in [-0.1, -0.05) is 24.3 Å². The number of hydrogen-bond donors (Lipinski definition) is 1. The lowest BCUT2D eigenvalue weighted by Crippen LogP contribution is -2.27. The van der Waals surface area contributed by atoms with Crippen molar-refractivity contribution in [1.29, 1.82) is 0 Å². The summed E-state index contributed by atoms with van der Waals surface area (Å²) in [7, 11) is 0. The van der Waals surface area contributed by atoms with Crippen LogP contribution in [0, 0.1) is 0 Å². The van der Waals surface area contributed by atoms with E-state index in [9.17, 15) is 13.2 Å². The van der Waals surface area contributed by atoms with Crippen molar-refractivity contribution in [2.75, 3.05) is 16.8 Å². The molecule has 6 nitrogen and oxygen atoms in total. The highest BCUT2D eigenvalue weighted by atomic mass is 35.5. The van der Waals surface area contributed by atoms with Gasteiger partial charge in [-0.05, 0) is 44.0 Å². The molecule has 1 fully saturated rings. The van der Waals surface area contributed by atoms with Gasteiger partial charge in [-0.25, -0.2) is 14.5 Å². The summed E-state index contributed by atoms with van der Waals surface area (Å²) in [6, 6.07) is 13.1. The highest BCUT2D eigenvalue weighted by Crippen LogP contribution is 2.37. The fraction of sp³-hybridized carbons (Fsp3) is 0.261. The van der Waals surface area contributed by atoms with Crippen LogP contribution >= 0.6 is 12.4 Å². The van der Waals surface area contributed by atoms with E-state index in [1.165, 1.54) is 16.6 Å². The number of aromatic nitrogens is 4. The van der Waals surface area contributed by atoms with Crippen LogP contribution in [0.1, 0.15) is 25.3 Å². The van der Waals surface area contributed by atoms with Crippen LogP contribution in [0.2, 0.25) is 0 Å². The van der Waals surface area contributed by atoms with Gasteiger partial charge in [-0.3, -0.25) is 0 Å². The van der Waals surface area contributed by atoms with Crippen molar-refractivity contribution in [3.8, 4) is 11.3 Å². The van der Waals surface area contributed by atoms with Crippen LogP contribution in [0.25, 0.3) is 16.9 Å². The lowest BCUT2D eigenvalue weighted by molar-refractivity contribution is -0.137. The predicted molar refractivity (Wildman–Crippen MR) is 124 cm³/mol. The van der Waals surface area contributed by atoms with E-state index in [4.69, 9.17) is 4.98 Å². The Hall–Kier alpha value is -3.33. The van der Waals surface area contributed by atoms with Crippen LogP contribution in [-0.2, 0) is 6.18 Å². The third-order valence-electron chi connectivity index (χ3n) is 5.71. The van der Waals surface area contributed by atoms with E-state index in [-0.39, 0.29) is 23.7 Å². The third kappa shape index (κ3) is 4.45. The molecule has 172 valence electrons. The smallest absolute Gasteiger partial charge is 0.354 e. The molecule has 33 heavy (non-hydrogen) atoms. The van der Waals surface area contributed by atoms with Gasteiger partial charge in [0.25, 0.3) is 0 Å². The Morgan fingerprint density at radius 3 is 2.67 bits per heavy atom. The lowest BCUT2D eigenvalue weighted by atomic mass is 10.0. The highest BCUT2D eigenvalue weighted by Gasteiger charge is 2.34. The fourth-order valence-electron chi connectivity index (χ4n) is 4.16. The Labute approximate surface area is 194 Å². The van der Waals surface area contributed by atoms with Crippen molar-refractivity contribution in [2.45, 2.75) is 32.0 Å². The predicted octanol–water partition coefficient (Wildman–Crippen LogP) is 5.96. The summed E-state index contributed by atoms with van der Waals surface area (Å²) in [6.45, 7) is 3.13. The maximum absolute atomic E-state index is 13.6. The molecule has 4 aromatic rings. The van der Waals surface area contributed by atoms with E-state index >= 15 is 0 Å². The first-order chi connectivity index (χ1) is 15.4. The summed E-state index contributed by atoms with van der Waals surface area (Å²) in [6.07, 6.45) is 0.929. The van der Waals surface area contributed by atoms with Crippen molar-refractivity contribution >= 4 is 35.4 Å². The van der Waals surface area contributed by atoms with Gasteiger partial charge < -0.3 is 10.2 Å². The van der Waals surface area contributed by atoms with Gasteiger partial charge in [0, 0.05) is 30.5 Å². The largest absolute Gasteiger partial charge is 0.417 e. The second-order valence-corrected chi connectivity index (χ2v) is 7.87. The number of hydrogen-bond acceptors (Lipinski definition) is 5. The number of nitrogens with one attached hydrogen (secondary N) is 1. The summed E-state index contributed by atoms with van der Waals surface area (Å²) in [5.74, 6) is 1.46. The molecule has 1 unspecified atom stereocenters. The van der Waals surface area contributed by atoms with Crippen molar-refractivity contribution in [1.82, 2.24) is 19.6 Å². The molecule has 0 saturated carbocycles. The molecule has 1 aliphatic rings. The number of anilines is 3. The standard InChI is InChI=1S/C23H21F3N6.ClH/c1-15-6-5-12-31(15)21-10-4-9-20(29-21)28-19-14-18(30-32-13-11-27-22(19)32)16-7-2-3-8-17(16)23(24,25)26;/h2-4,7-11,13-15H,5-6,12H2,1H3,(H,28,29);1H. The quantitative estimate of drug-likeness (QED) is 0.395. The minimum Gasteiger partial charge on any atom is -0.354 e. The number of rotatable bonds is 4. The van der Waals surface area contributed by atoms with Crippen molar-refractivity contribution < 1.29 is 13.2 Å². The SMILES string of the molecule is CC1CCCN1c1cccc(Nc2cc(-c3ccccc3C(F)(F)F)nn3ccnc23)n1.Cl. The van der Waals surface area contributed by atoms with E-state index < -0.39 is 11.7 Å². The zero-order valence-electron chi connectivity index (χ0n) is 17.8. The molecule has 1 atom stereocenters. The van der Waals surface area contributed by atoms with E-state index in [0.29, 0.717) is 23.2 Å². The summed E-state index contributed by atoms with van der Waals surface area (Å²) in [4.78, 5) is 11.3. The molecular formula is C23H22ClF3N6. The van der Waals surface area contributed by atoms with E-state index in [0.717, 1.165) is 31.3 Å². The van der Waals surface area contributed by atoms with Gasteiger partial charge in [-0.2, -0.15) is 18.3 Å². The van der Waals surface area contributed by atoms with Crippen LogP contribution < -0.4 is 10.2 Å². The number of alkyl halides is 3. The molecule has 0 bridgehead atoms. The number of nitrogens with zero attached hydrogens (tertiary/aromatic N) is 5. The molecule has 10 heteroatoms. The number of fused-ring (bicyclic) bond motifs is 1. The Morgan fingerprint density at radius 1 is 1.09 bits per heavy atom. The highest BCUT2D eigenvalue weighted by molar-refractivity contribution is 5.85. The van der Waals surface area contributed by atoms with Gasteiger partial charge in [-0.15, -0.1) is 12.4 Å². The molecule has 0 aliphatic carbocycles. The topological polar surface area (TPSA) is 58.4 Å². The zero-order chi connectivity index (χ0) is 22.3. The van der Waals surface area contributed by atoms with Crippen LogP contribution in [0.3, 0.4) is 0 Å². The molecule has 1 aromatic carbocycles. The summed E-state index contributed by atoms with van der Waals surface area (Å²) < 4.78 is 42.2. The van der Waals surface area contributed by atoms with E-state index in [1.54, 1.807) is 24.5 Å². The van der Waals surface area contributed by atoms with Gasteiger partial charge in [0.15, 0.2) is 5.65 Å². The molecule has 4 heterocycles. The second kappa shape index (κ2) is 8.90. The number of halogens is 4. The molecule has 0 spiro atoms. The molecule has 0 radical (unpaired) electrons. The maximum Gasteiger partial charge on any atom is 0.417 e. The fourth-order valence-corrected chi connectivity index (χ4v) is 4.16. The zero-order valence-corrected chi connectivity index (χ0v) is 18.6. The van der Waals surface area contributed by atoms with Gasteiger partial charge in [0.1, 0.15) is 11.6 Å². The second-order valence-electron chi connectivity index (χ2n) is 7.87. The normalized spacial score (nSPS) is 16.1. The first-order valence-electron chi connectivity index (χ1n) is 10.4. The monoisotopic (exact) mass is 474 g/mol. The van der Waals surface area contributed by atoms with Gasteiger partial charge in [0.2, 0.25) is 0 Å². The summed E-state index contributed by atoms with van der Waals surface area (Å²) in [5.41, 5.74) is 0.485. The Morgan fingerprint density at radius 2 is 1.91 bits per heavy atom. The summed E-state index contributed by atoms with van der Waals surface area (Å²) in [5, 5.41) is 7.60. The minimum absolute atomic E-state index is 0. The average molecular weight is 475 g/mol. The average Bonchev–Trinajstić information content (AvgIpc) is 3.42. The van der Waals surface area contributed by atoms with Crippen LogP contribution in [-0.4, -0.2) is 32.2 Å². The van der Waals surface area contributed by atoms with Crippen LogP contribution in [0.5, 0.6) is 0 Å². The lowest BCUT2D eigenvalue weighted by Gasteiger charge is -2.23. The minimum atomic E-state index is -4.49. The molecule has 1 N–H and O–H groups in total. The number of benzene rings is 1. The van der Waals surface area contributed by atoms with E-state index in [1.807, 2.05) is 18.2 Å². The molecule has 3 aromatic heterocycles. The Bertz CT molecular complexity index is 1270. The first kappa shape index (κ1) is 22.8. The van der Waals surface area contributed by atoms with Crippen LogP contribution in [0.15, 0.2) is 60.9 Å². The van der Waals surface area contributed by atoms with Gasteiger partial charge in [0.05, 0.1) is 16.9 Å². The molecular weight excluding hydrogens is 453 g/mol. The Balaban J connectivity index is 0.00000259. The Kier molecular flexibility index (Phi) is 6.16. The van der Waals surface area contributed by atoms with Crippen molar-refractivity contribution in [2.24, 2.45) is 0 Å². The van der Waals surface area contributed by atoms with Crippen LogP contribution in [0.4, 0.5) is 30.5 Å². The molecule has 0 amide bonds. The number of pyridine rings is 1. The van der Waals surface area contributed by atoms with E-state index in [2.05, 4.69) is 27.2 Å². The van der Waals surface area contributed by atoms with Crippen molar-refractivity contribution in [3.63, 3.8) is 0 Å². The molecule has 1 aliphatic heterocycles. The first-order valence-corrected chi connectivity index (χ1v) is 10.4. The molecule has 1 saturated heterocycles. The van der Waals surface area contributed by atoms with Crippen molar-refractivity contribution in [3.05, 3.63) is 66.5 Å². The van der Waals surface area contributed by atoms with Gasteiger partial charge >= 0.3 is 6.18 Å². The molecule has 5 rings (SSSR count).